The molecule has 4 rings (SSSR count). The van der Waals surface area contributed by atoms with Gasteiger partial charge in [0, 0.05) is 44.8 Å². The van der Waals surface area contributed by atoms with E-state index in [-0.39, 0.29) is 30.7 Å². The molecule has 0 spiro atoms. The topological polar surface area (TPSA) is 106 Å². The van der Waals surface area contributed by atoms with Crippen molar-refractivity contribution < 1.29 is 9.90 Å². The van der Waals surface area contributed by atoms with E-state index in [4.69, 9.17) is 5.73 Å². The minimum absolute atomic E-state index is 0.148. The van der Waals surface area contributed by atoms with Crippen molar-refractivity contribution in [3.05, 3.63) is 46.5 Å². The molecule has 1 aliphatic carbocycles. The Kier molecular flexibility index (Phi) is 6.36. The number of imidazole rings is 1. The van der Waals surface area contributed by atoms with Gasteiger partial charge in [-0.25, -0.2) is 4.79 Å². The van der Waals surface area contributed by atoms with Crippen LogP contribution in [0.15, 0.2) is 35.1 Å². The van der Waals surface area contributed by atoms with E-state index >= 15 is 0 Å². The summed E-state index contributed by atoms with van der Waals surface area (Å²) in [5.74, 6) is -0.148. The molecule has 2 unspecified atom stereocenters. The Balaban J connectivity index is 1.93. The fraction of sp³-hybridized carbons (Fsp3) is 0.545. The van der Waals surface area contributed by atoms with Crippen molar-refractivity contribution in [1.29, 1.82) is 0 Å². The standard InChI is InChI=1S/C22H31N5O3/c23-10-13-26-20(21(29)25-14-11-24-12-15-25)19(16-6-2-1-3-7-16)27(22(26)30)17-8-4-5-9-18(17)28/h1-3,6-7,17-18,24,28H,4-5,8-15,23H2. The monoisotopic (exact) mass is 413 g/mol. The number of hydrogen-bond acceptors (Lipinski definition) is 5. The summed E-state index contributed by atoms with van der Waals surface area (Å²) >= 11 is 0. The average Bonchev–Trinajstić information content (AvgIpc) is 3.07. The van der Waals surface area contributed by atoms with Gasteiger partial charge in [-0.3, -0.25) is 13.9 Å². The summed E-state index contributed by atoms with van der Waals surface area (Å²) < 4.78 is 3.19. The van der Waals surface area contributed by atoms with E-state index in [0.717, 1.165) is 37.9 Å². The Morgan fingerprint density at radius 2 is 1.83 bits per heavy atom. The van der Waals surface area contributed by atoms with Gasteiger partial charge in [-0.2, -0.15) is 0 Å². The van der Waals surface area contributed by atoms with Gasteiger partial charge in [0.2, 0.25) is 0 Å². The average molecular weight is 414 g/mol. The van der Waals surface area contributed by atoms with Gasteiger partial charge in [0.15, 0.2) is 0 Å². The quantitative estimate of drug-likeness (QED) is 0.672. The summed E-state index contributed by atoms with van der Waals surface area (Å²) in [7, 11) is 0. The molecule has 1 saturated heterocycles. The molecule has 1 aromatic heterocycles. The summed E-state index contributed by atoms with van der Waals surface area (Å²) in [5, 5.41) is 14.0. The van der Waals surface area contributed by atoms with Gasteiger partial charge in [0.05, 0.1) is 17.8 Å². The molecule has 2 aromatic rings. The Hall–Kier alpha value is -2.42. The molecule has 2 heterocycles. The lowest BCUT2D eigenvalue weighted by Gasteiger charge is -2.30. The van der Waals surface area contributed by atoms with E-state index in [2.05, 4.69) is 5.32 Å². The van der Waals surface area contributed by atoms with E-state index in [1.165, 1.54) is 4.57 Å². The molecule has 1 amide bonds. The van der Waals surface area contributed by atoms with E-state index in [9.17, 15) is 14.7 Å². The molecule has 0 bridgehead atoms. The van der Waals surface area contributed by atoms with Crippen molar-refractivity contribution in [2.24, 2.45) is 5.73 Å². The van der Waals surface area contributed by atoms with E-state index in [0.29, 0.717) is 30.9 Å². The number of nitrogens with one attached hydrogen (secondary N) is 1. The lowest BCUT2D eigenvalue weighted by molar-refractivity contribution is 0.0719. The maximum Gasteiger partial charge on any atom is 0.329 e. The number of nitrogens with two attached hydrogens (primary N) is 1. The van der Waals surface area contributed by atoms with Crippen molar-refractivity contribution in [2.45, 2.75) is 44.4 Å². The number of rotatable bonds is 5. The van der Waals surface area contributed by atoms with Crippen LogP contribution in [-0.4, -0.2) is 63.9 Å². The first-order valence-corrected chi connectivity index (χ1v) is 10.9. The second kappa shape index (κ2) is 9.16. The molecule has 2 fully saturated rings. The number of amides is 1. The van der Waals surface area contributed by atoms with Gasteiger partial charge in [-0.1, -0.05) is 43.2 Å². The number of piperazine rings is 1. The Bertz CT molecular complexity index is 930. The number of nitrogens with zero attached hydrogens (tertiary/aromatic N) is 3. The Labute approximate surface area is 176 Å². The summed E-state index contributed by atoms with van der Waals surface area (Å²) in [6.45, 7) is 3.18. The van der Waals surface area contributed by atoms with Crippen LogP contribution in [0.25, 0.3) is 11.3 Å². The second-order valence-corrected chi connectivity index (χ2v) is 8.12. The highest BCUT2D eigenvalue weighted by atomic mass is 16.3. The summed E-state index contributed by atoms with van der Waals surface area (Å²) in [5.41, 5.74) is 7.36. The molecule has 8 nitrogen and oxygen atoms in total. The first kappa shape index (κ1) is 20.8. The molecule has 4 N–H and O–H groups in total. The zero-order valence-electron chi connectivity index (χ0n) is 17.3. The van der Waals surface area contributed by atoms with Crippen molar-refractivity contribution >= 4 is 5.91 Å². The molecule has 2 aliphatic rings. The first-order valence-electron chi connectivity index (χ1n) is 10.9. The van der Waals surface area contributed by atoms with Crippen molar-refractivity contribution in [3.63, 3.8) is 0 Å². The van der Waals surface area contributed by atoms with Crippen LogP contribution in [0.5, 0.6) is 0 Å². The third kappa shape index (κ3) is 3.82. The van der Waals surface area contributed by atoms with Gasteiger partial charge >= 0.3 is 5.69 Å². The van der Waals surface area contributed by atoms with Gasteiger partial charge in [0.25, 0.3) is 5.91 Å². The van der Waals surface area contributed by atoms with Crippen LogP contribution in [-0.2, 0) is 6.54 Å². The highest BCUT2D eigenvalue weighted by molar-refractivity contribution is 5.98. The lowest BCUT2D eigenvalue weighted by atomic mass is 9.92. The van der Waals surface area contributed by atoms with E-state index in [1.54, 1.807) is 9.47 Å². The molecule has 1 aromatic carbocycles. The zero-order valence-corrected chi connectivity index (χ0v) is 17.3. The summed E-state index contributed by atoms with van der Waals surface area (Å²) in [6.07, 6.45) is 2.67. The molecular formula is C22H31N5O3. The molecule has 8 heteroatoms. The highest BCUT2D eigenvalue weighted by Crippen LogP contribution is 2.34. The number of aromatic nitrogens is 2. The predicted octanol–water partition coefficient (Wildman–Crippen LogP) is 0.797. The van der Waals surface area contributed by atoms with Crippen LogP contribution in [0.1, 0.15) is 42.2 Å². The van der Waals surface area contributed by atoms with E-state index < -0.39 is 6.10 Å². The minimum atomic E-state index is -0.602. The molecule has 1 saturated carbocycles. The second-order valence-electron chi connectivity index (χ2n) is 8.12. The molecule has 30 heavy (non-hydrogen) atoms. The van der Waals surface area contributed by atoms with Crippen LogP contribution >= 0.6 is 0 Å². The fourth-order valence-corrected chi connectivity index (χ4v) is 4.71. The summed E-state index contributed by atoms with van der Waals surface area (Å²) in [6, 6.07) is 9.22. The molecule has 0 radical (unpaired) electrons. The number of hydrogen-bond donors (Lipinski definition) is 3. The maximum absolute atomic E-state index is 13.6. The number of carbonyl (C=O) groups excluding carboxylic acids is 1. The molecular weight excluding hydrogens is 382 g/mol. The largest absolute Gasteiger partial charge is 0.391 e. The highest BCUT2D eigenvalue weighted by Gasteiger charge is 2.35. The van der Waals surface area contributed by atoms with Gasteiger partial charge in [-0.05, 0) is 12.8 Å². The van der Waals surface area contributed by atoms with Gasteiger partial charge in [-0.15, -0.1) is 0 Å². The SMILES string of the molecule is NCCn1c(C(=O)N2CCNCC2)c(-c2ccccc2)n(C2CCCCC2O)c1=O. The van der Waals surface area contributed by atoms with Crippen LogP contribution < -0.4 is 16.7 Å². The van der Waals surface area contributed by atoms with Crippen LogP contribution in [0.3, 0.4) is 0 Å². The smallest absolute Gasteiger partial charge is 0.329 e. The third-order valence-electron chi connectivity index (χ3n) is 6.20. The Morgan fingerprint density at radius 3 is 2.50 bits per heavy atom. The molecule has 162 valence electrons. The zero-order chi connectivity index (χ0) is 21.1. The Morgan fingerprint density at radius 1 is 1.13 bits per heavy atom. The van der Waals surface area contributed by atoms with Crippen molar-refractivity contribution in [1.82, 2.24) is 19.4 Å². The summed E-state index contributed by atoms with van der Waals surface area (Å²) in [4.78, 5) is 29.0. The number of benzene rings is 1. The molecule has 2 atom stereocenters. The minimum Gasteiger partial charge on any atom is -0.391 e. The van der Waals surface area contributed by atoms with Crippen LogP contribution in [0.4, 0.5) is 0 Å². The van der Waals surface area contributed by atoms with Gasteiger partial charge < -0.3 is 21.1 Å². The predicted molar refractivity (Wildman–Crippen MR) is 115 cm³/mol. The normalized spacial score (nSPS) is 22.3. The third-order valence-corrected chi connectivity index (χ3v) is 6.20. The van der Waals surface area contributed by atoms with E-state index in [1.807, 2.05) is 30.3 Å². The van der Waals surface area contributed by atoms with Crippen LogP contribution in [0, 0.1) is 0 Å². The van der Waals surface area contributed by atoms with Crippen molar-refractivity contribution in [2.75, 3.05) is 32.7 Å². The van der Waals surface area contributed by atoms with Gasteiger partial charge in [0.1, 0.15) is 5.69 Å². The molecule has 1 aliphatic heterocycles. The van der Waals surface area contributed by atoms with Crippen LogP contribution in [0.2, 0.25) is 0 Å². The maximum atomic E-state index is 13.6. The number of aliphatic hydroxyl groups is 1. The fourth-order valence-electron chi connectivity index (χ4n) is 4.71. The number of aliphatic hydroxyl groups excluding tert-OH is 1. The first-order chi connectivity index (χ1) is 14.6. The lowest BCUT2D eigenvalue weighted by Crippen LogP contribution is -2.47. The van der Waals surface area contributed by atoms with Crippen molar-refractivity contribution in [3.8, 4) is 11.3 Å². The number of carbonyl (C=O) groups is 1.